The first-order valence-corrected chi connectivity index (χ1v) is 13.3. The molecule has 0 aromatic rings. The Labute approximate surface area is 218 Å². The Hall–Kier alpha value is -1.30. The second-order valence-electron chi connectivity index (χ2n) is 8.69. The summed E-state index contributed by atoms with van der Waals surface area (Å²) < 4.78 is 16.1. The Bertz CT molecular complexity index is 409. The van der Waals surface area contributed by atoms with Crippen molar-refractivity contribution in [2.24, 2.45) is 5.92 Å². The highest BCUT2D eigenvalue weighted by molar-refractivity contribution is 5.67. The lowest BCUT2D eigenvalue weighted by Gasteiger charge is -2.06. The lowest BCUT2D eigenvalue weighted by molar-refractivity contribution is -0.139. The van der Waals surface area contributed by atoms with Crippen molar-refractivity contribution in [1.82, 2.24) is 0 Å². The number of carboxylic acids is 2. The van der Waals surface area contributed by atoms with Crippen LogP contribution in [0, 0.1) is 5.92 Å². The van der Waals surface area contributed by atoms with Crippen molar-refractivity contribution < 1.29 is 49.3 Å². The fourth-order valence-corrected chi connectivity index (χ4v) is 2.43. The molecular formula is C26H54O10. The van der Waals surface area contributed by atoms with Crippen LogP contribution in [0.4, 0.5) is 0 Å². The van der Waals surface area contributed by atoms with E-state index in [0.29, 0.717) is 18.8 Å². The van der Waals surface area contributed by atoms with Gasteiger partial charge in [0.1, 0.15) is 0 Å². The summed E-state index contributed by atoms with van der Waals surface area (Å²) in [6.45, 7) is 9.83. The van der Waals surface area contributed by atoms with E-state index in [9.17, 15) is 9.59 Å². The van der Waals surface area contributed by atoms with Gasteiger partial charge in [-0.3, -0.25) is 9.59 Å². The molecule has 0 spiro atoms. The van der Waals surface area contributed by atoms with E-state index in [2.05, 4.69) is 13.8 Å². The molecule has 0 unspecified atom stereocenters. The van der Waals surface area contributed by atoms with Gasteiger partial charge >= 0.3 is 11.9 Å². The number of hydrogen-bond acceptors (Lipinski definition) is 8. The first kappa shape index (κ1) is 39.2. The van der Waals surface area contributed by atoms with Gasteiger partial charge in [-0.2, -0.15) is 0 Å². The van der Waals surface area contributed by atoms with E-state index in [1.807, 2.05) is 0 Å². The molecule has 10 heteroatoms. The third-order valence-electron chi connectivity index (χ3n) is 4.40. The Balaban J connectivity index is -0.000000466. The maximum atomic E-state index is 9.90. The average Bonchev–Trinajstić information content (AvgIpc) is 2.83. The Morgan fingerprint density at radius 1 is 0.528 bits per heavy atom. The summed E-state index contributed by atoms with van der Waals surface area (Å²) in [6.07, 6.45) is 8.46. The van der Waals surface area contributed by atoms with Crippen LogP contribution in [0.25, 0.3) is 0 Å². The van der Waals surface area contributed by atoms with Gasteiger partial charge in [0.25, 0.3) is 0 Å². The number of ether oxygens (including phenoxy) is 3. The molecule has 0 atom stereocenters. The third kappa shape index (κ3) is 49.8. The van der Waals surface area contributed by atoms with Crippen molar-refractivity contribution in [3.05, 3.63) is 0 Å². The SMILES string of the molecule is CC(C)COCCCCOCCCCO.O=C(O)CCCCC(=O)O.OCCCCOCCCCO. The van der Waals surface area contributed by atoms with Gasteiger partial charge in [-0.1, -0.05) is 13.8 Å². The van der Waals surface area contributed by atoms with Gasteiger partial charge in [0.15, 0.2) is 0 Å². The summed E-state index contributed by atoms with van der Waals surface area (Å²) in [4.78, 5) is 19.8. The monoisotopic (exact) mass is 526 g/mol. The lowest BCUT2D eigenvalue weighted by Crippen LogP contribution is -2.04. The second kappa shape index (κ2) is 35.9. The highest BCUT2D eigenvalue weighted by Crippen LogP contribution is 1.99. The molecule has 0 aliphatic heterocycles. The molecule has 0 bridgehead atoms. The molecule has 218 valence electrons. The van der Waals surface area contributed by atoms with Crippen molar-refractivity contribution in [2.45, 2.75) is 90.9 Å². The van der Waals surface area contributed by atoms with Crippen LogP contribution in [0.3, 0.4) is 0 Å². The molecule has 5 N–H and O–H groups in total. The summed E-state index contributed by atoms with van der Waals surface area (Å²) >= 11 is 0. The van der Waals surface area contributed by atoms with E-state index in [4.69, 9.17) is 39.7 Å². The Morgan fingerprint density at radius 2 is 0.833 bits per heavy atom. The summed E-state index contributed by atoms with van der Waals surface area (Å²) in [5.74, 6) is -1.12. The molecule has 0 radical (unpaired) electrons. The largest absolute Gasteiger partial charge is 0.481 e. The highest BCUT2D eigenvalue weighted by Gasteiger charge is 1.99. The van der Waals surface area contributed by atoms with E-state index in [-0.39, 0.29) is 32.7 Å². The highest BCUT2D eigenvalue weighted by atomic mass is 16.5. The number of aliphatic carboxylic acids is 2. The average molecular weight is 527 g/mol. The van der Waals surface area contributed by atoms with E-state index < -0.39 is 11.9 Å². The standard InChI is InChI=1S/C12H26O3.C8H18O3.C6H10O4/c1-12(2)11-15-10-6-5-9-14-8-4-3-7-13;9-5-1-3-7-11-8-4-2-6-10;7-5(8)3-1-2-4-6(9)10/h12-13H,3-11H2,1-2H3;9-10H,1-8H2;1-4H2,(H,7,8)(H,9,10). The fraction of sp³-hybridized carbons (Fsp3) is 0.923. The number of unbranched alkanes of at least 4 members (excludes halogenated alkanes) is 5. The summed E-state index contributed by atoms with van der Waals surface area (Å²) in [6, 6.07) is 0. The topological polar surface area (TPSA) is 163 Å². The van der Waals surface area contributed by atoms with Crippen LogP contribution in [0.5, 0.6) is 0 Å². The van der Waals surface area contributed by atoms with Crippen molar-refractivity contribution >= 4 is 11.9 Å². The molecule has 36 heavy (non-hydrogen) atoms. The molecule has 0 saturated carbocycles. The third-order valence-corrected chi connectivity index (χ3v) is 4.40. The first-order valence-electron chi connectivity index (χ1n) is 13.3. The molecule has 0 heterocycles. The summed E-state index contributed by atoms with van der Waals surface area (Å²) in [5, 5.41) is 41.6. The fourth-order valence-electron chi connectivity index (χ4n) is 2.43. The van der Waals surface area contributed by atoms with Crippen LogP contribution < -0.4 is 0 Å². The van der Waals surface area contributed by atoms with Crippen LogP contribution in [-0.4, -0.2) is 96.9 Å². The molecule has 0 aromatic carbocycles. The van der Waals surface area contributed by atoms with Gasteiger partial charge in [0.05, 0.1) is 0 Å². The van der Waals surface area contributed by atoms with Crippen molar-refractivity contribution in [3.8, 4) is 0 Å². The summed E-state index contributed by atoms with van der Waals surface area (Å²) in [5.41, 5.74) is 0. The minimum absolute atomic E-state index is 0.0628. The minimum atomic E-state index is -0.870. The van der Waals surface area contributed by atoms with Crippen LogP contribution in [-0.2, 0) is 23.8 Å². The second-order valence-corrected chi connectivity index (χ2v) is 8.69. The predicted octanol–water partition coefficient (Wildman–Crippen LogP) is 3.49. The predicted molar refractivity (Wildman–Crippen MR) is 139 cm³/mol. The van der Waals surface area contributed by atoms with Crippen molar-refractivity contribution in [1.29, 1.82) is 0 Å². The molecule has 0 rings (SSSR count). The maximum absolute atomic E-state index is 9.90. The number of hydrogen-bond donors (Lipinski definition) is 5. The van der Waals surface area contributed by atoms with Crippen LogP contribution in [0.15, 0.2) is 0 Å². The quantitative estimate of drug-likeness (QED) is 0.118. The number of carboxylic acid groups (broad SMARTS) is 2. The van der Waals surface area contributed by atoms with Gasteiger partial charge in [-0.25, -0.2) is 0 Å². The zero-order chi connectivity index (χ0) is 27.7. The molecule has 0 fully saturated rings. The molecule has 0 aromatic heterocycles. The van der Waals surface area contributed by atoms with Gasteiger partial charge in [-0.05, 0) is 70.1 Å². The summed E-state index contributed by atoms with van der Waals surface area (Å²) in [7, 11) is 0. The number of rotatable bonds is 24. The van der Waals surface area contributed by atoms with Crippen LogP contribution >= 0.6 is 0 Å². The molecule has 0 saturated heterocycles. The Morgan fingerprint density at radius 3 is 1.11 bits per heavy atom. The van der Waals surface area contributed by atoms with Crippen LogP contribution in [0.1, 0.15) is 90.9 Å². The van der Waals surface area contributed by atoms with Gasteiger partial charge in [0, 0.05) is 72.3 Å². The number of aliphatic hydroxyl groups excluding tert-OH is 3. The Kier molecular flexibility index (Phi) is 39.1. The maximum Gasteiger partial charge on any atom is 0.303 e. The normalized spacial score (nSPS) is 10.4. The van der Waals surface area contributed by atoms with Crippen molar-refractivity contribution in [3.63, 3.8) is 0 Å². The van der Waals surface area contributed by atoms with Gasteiger partial charge < -0.3 is 39.7 Å². The van der Waals surface area contributed by atoms with E-state index in [0.717, 1.165) is 91.0 Å². The smallest absolute Gasteiger partial charge is 0.303 e. The van der Waals surface area contributed by atoms with Crippen molar-refractivity contribution in [2.75, 3.05) is 59.5 Å². The molecule has 10 nitrogen and oxygen atoms in total. The lowest BCUT2D eigenvalue weighted by atomic mass is 10.2. The van der Waals surface area contributed by atoms with E-state index >= 15 is 0 Å². The zero-order valence-corrected chi connectivity index (χ0v) is 22.7. The zero-order valence-electron chi connectivity index (χ0n) is 22.7. The number of aliphatic hydroxyl groups is 3. The van der Waals surface area contributed by atoms with Crippen LogP contribution in [0.2, 0.25) is 0 Å². The minimum Gasteiger partial charge on any atom is -0.481 e. The van der Waals surface area contributed by atoms with E-state index in [1.54, 1.807) is 0 Å². The van der Waals surface area contributed by atoms with E-state index in [1.165, 1.54) is 0 Å². The first-order chi connectivity index (χ1) is 17.3. The molecule has 0 aliphatic carbocycles. The molecule has 0 aliphatic rings. The van der Waals surface area contributed by atoms with Gasteiger partial charge in [-0.15, -0.1) is 0 Å². The number of carbonyl (C=O) groups is 2. The molecule has 0 amide bonds. The van der Waals surface area contributed by atoms with Gasteiger partial charge in [0.2, 0.25) is 0 Å². The molecular weight excluding hydrogens is 472 g/mol.